The van der Waals surface area contributed by atoms with Crippen molar-refractivity contribution in [2.24, 2.45) is 23.7 Å². The molecule has 0 aromatic heterocycles. The molecule has 2 amide bonds. The van der Waals surface area contributed by atoms with Gasteiger partial charge in [-0.2, -0.15) is 0 Å². The Morgan fingerprint density at radius 2 is 2.00 bits per heavy atom. The van der Waals surface area contributed by atoms with Crippen LogP contribution in [0.5, 0.6) is 0 Å². The van der Waals surface area contributed by atoms with Crippen molar-refractivity contribution >= 4 is 11.8 Å². The molecule has 3 atom stereocenters. The van der Waals surface area contributed by atoms with Crippen molar-refractivity contribution in [1.29, 1.82) is 0 Å². The zero-order chi connectivity index (χ0) is 16.7. The van der Waals surface area contributed by atoms with Crippen LogP contribution in [-0.2, 0) is 19.2 Å². The Morgan fingerprint density at radius 1 is 1.17 bits per heavy atom. The predicted octanol–water partition coefficient (Wildman–Crippen LogP) is 1.45. The lowest BCUT2D eigenvalue weighted by molar-refractivity contribution is -0.198. The first-order valence-electron chi connectivity index (χ1n) is 9.45. The van der Waals surface area contributed by atoms with Gasteiger partial charge in [-0.15, -0.1) is 0 Å². The zero-order valence-corrected chi connectivity index (χ0v) is 14.5. The maximum atomic E-state index is 12.6. The summed E-state index contributed by atoms with van der Waals surface area (Å²) in [4.78, 5) is 32.4. The molecule has 0 unspecified atom stereocenters. The van der Waals surface area contributed by atoms with E-state index in [1.54, 1.807) is 0 Å². The molecule has 4 rings (SSSR count). The average Bonchev–Trinajstić information content (AvgIpc) is 3.14. The molecule has 3 saturated heterocycles. The highest BCUT2D eigenvalue weighted by Crippen LogP contribution is 2.39. The Hall–Kier alpha value is -1.14. The standard InChI is InChI=1S/C18H28N2O4/c1-12-6-13(7-12)18(22)19-9-15-14(11-23-16(15)10-19)8-17(21)20-4-2-3-5-24-20/h12-16H,2-11H2,1H3/t12?,13?,14-,15-,16-/m1/s1. The Bertz CT molecular complexity index is 499. The number of amides is 2. The molecule has 0 aromatic rings. The van der Waals surface area contributed by atoms with E-state index in [2.05, 4.69) is 6.92 Å². The molecule has 6 heteroatoms. The van der Waals surface area contributed by atoms with Crippen LogP contribution in [0.3, 0.4) is 0 Å². The molecule has 6 nitrogen and oxygen atoms in total. The van der Waals surface area contributed by atoms with Crippen molar-refractivity contribution in [2.75, 3.05) is 32.8 Å². The number of carbonyl (C=O) groups excluding carboxylic acids is 2. The Balaban J connectivity index is 1.31. The van der Waals surface area contributed by atoms with Crippen LogP contribution in [-0.4, -0.2) is 60.7 Å². The third-order valence-electron chi connectivity index (χ3n) is 6.19. The van der Waals surface area contributed by atoms with E-state index < -0.39 is 0 Å². The van der Waals surface area contributed by atoms with Gasteiger partial charge in [0.15, 0.2) is 0 Å². The van der Waals surface area contributed by atoms with Gasteiger partial charge < -0.3 is 9.64 Å². The van der Waals surface area contributed by atoms with Crippen LogP contribution in [0.2, 0.25) is 0 Å². The van der Waals surface area contributed by atoms with Crippen molar-refractivity contribution in [3.63, 3.8) is 0 Å². The van der Waals surface area contributed by atoms with Crippen molar-refractivity contribution in [3.8, 4) is 0 Å². The highest BCUT2D eigenvalue weighted by atomic mass is 16.7. The second kappa shape index (κ2) is 6.64. The number of carbonyl (C=O) groups is 2. The average molecular weight is 336 g/mol. The molecule has 4 aliphatic rings. The summed E-state index contributed by atoms with van der Waals surface area (Å²) in [5.74, 6) is 1.80. The largest absolute Gasteiger partial charge is 0.376 e. The molecule has 1 aliphatic carbocycles. The maximum absolute atomic E-state index is 12.6. The second-order valence-corrected chi connectivity index (χ2v) is 8.05. The lowest BCUT2D eigenvalue weighted by Gasteiger charge is -2.34. The van der Waals surface area contributed by atoms with Crippen LogP contribution >= 0.6 is 0 Å². The second-order valence-electron chi connectivity index (χ2n) is 8.05. The normalized spacial score (nSPS) is 38.8. The molecule has 0 spiro atoms. The van der Waals surface area contributed by atoms with Crippen molar-refractivity contribution in [1.82, 2.24) is 9.96 Å². The summed E-state index contributed by atoms with van der Waals surface area (Å²) in [5.41, 5.74) is 0. The summed E-state index contributed by atoms with van der Waals surface area (Å²) in [6.45, 7) is 5.64. The predicted molar refractivity (Wildman–Crippen MR) is 86.7 cm³/mol. The van der Waals surface area contributed by atoms with E-state index in [0.29, 0.717) is 50.5 Å². The minimum absolute atomic E-state index is 0.0709. The van der Waals surface area contributed by atoms with Gasteiger partial charge in [-0.25, -0.2) is 5.06 Å². The topological polar surface area (TPSA) is 59.1 Å². The van der Waals surface area contributed by atoms with Crippen LogP contribution < -0.4 is 0 Å². The molecule has 0 aromatic carbocycles. The fourth-order valence-electron chi connectivity index (χ4n) is 4.67. The zero-order valence-electron chi connectivity index (χ0n) is 14.5. The van der Waals surface area contributed by atoms with Gasteiger partial charge in [0.25, 0.3) is 0 Å². The highest BCUT2D eigenvalue weighted by molar-refractivity contribution is 5.80. The smallest absolute Gasteiger partial charge is 0.246 e. The third-order valence-corrected chi connectivity index (χ3v) is 6.19. The number of hydroxylamine groups is 2. The van der Waals surface area contributed by atoms with Gasteiger partial charge in [-0.1, -0.05) is 6.92 Å². The minimum atomic E-state index is 0.0709. The van der Waals surface area contributed by atoms with E-state index in [0.717, 1.165) is 32.2 Å². The fourth-order valence-corrected chi connectivity index (χ4v) is 4.67. The van der Waals surface area contributed by atoms with E-state index in [-0.39, 0.29) is 23.8 Å². The first-order valence-corrected chi connectivity index (χ1v) is 9.45. The summed E-state index contributed by atoms with van der Waals surface area (Å²) in [6, 6.07) is 0. The fraction of sp³-hybridized carbons (Fsp3) is 0.889. The summed E-state index contributed by atoms with van der Waals surface area (Å²) >= 11 is 0. The molecule has 4 fully saturated rings. The number of rotatable bonds is 3. The number of hydrogen-bond acceptors (Lipinski definition) is 4. The summed E-state index contributed by atoms with van der Waals surface area (Å²) in [7, 11) is 0. The minimum Gasteiger partial charge on any atom is -0.376 e. The number of hydrogen-bond donors (Lipinski definition) is 0. The lowest BCUT2D eigenvalue weighted by atomic mass is 9.75. The van der Waals surface area contributed by atoms with Crippen LogP contribution in [0.1, 0.15) is 39.0 Å². The van der Waals surface area contributed by atoms with Gasteiger partial charge in [0.1, 0.15) is 0 Å². The van der Waals surface area contributed by atoms with Crippen molar-refractivity contribution in [2.45, 2.75) is 45.1 Å². The Labute approximate surface area is 143 Å². The van der Waals surface area contributed by atoms with Crippen LogP contribution in [0.4, 0.5) is 0 Å². The van der Waals surface area contributed by atoms with Crippen molar-refractivity contribution in [3.05, 3.63) is 0 Å². The molecule has 1 saturated carbocycles. The van der Waals surface area contributed by atoms with E-state index in [1.165, 1.54) is 5.06 Å². The highest BCUT2D eigenvalue weighted by Gasteiger charge is 2.47. The van der Waals surface area contributed by atoms with E-state index in [1.807, 2.05) is 4.90 Å². The molecule has 3 aliphatic heterocycles. The number of nitrogens with zero attached hydrogens (tertiary/aromatic N) is 2. The molecule has 134 valence electrons. The molecule has 3 heterocycles. The van der Waals surface area contributed by atoms with Gasteiger partial charge in [0.05, 0.1) is 19.3 Å². The first-order chi connectivity index (χ1) is 11.6. The molecule has 24 heavy (non-hydrogen) atoms. The molecule has 0 N–H and O–H groups in total. The quantitative estimate of drug-likeness (QED) is 0.783. The van der Waals surface area contributed by atoms with Gasteiger partial charge in [-0.05, 0) is 37.5 Å². The third kappa shape index (κ3) is 3.06. The number of ether oxygens (including phenoxy) is 1. The van der Waals surface area contributed by atoms with Gasteiger partial charge >= 0.3 is 0 Å². The number of likely N-dealkylation sites (tertiary alicyclic amines) is 1. The molecule has 0 radical (unpaired) electrons. The van der Waals surface area contributed by atoms with E-state index in [9.17, 15) is 9.59 Å². The van der Waals surface area contributed by atoms with E-state index in [4.69, 9.17) is 9.57 Å². The maximum Gasteiger partial charge on any atom is 0.246 e. The van der Waals surface area contributed by atoms with Crippen LogP contribution in [0.15, 0.2) is 0 Å². The summed E-state index contributed by atoms with van der Waals surface area (Å²) in [5, 5.41) is 1.53. The molecular weight excluding hydrogens is 308 g/mol. The first kappa shape index (κ1) is 16.3. The monoisotopic (exact) mass is 336 g/mol. The van der Waals surface area contributed by atoms with E-state index >= 15 is 0 Å². The summed E-state index contributed by atoms with van der Waals surface area (Å²) < 4.78 is 5.91. The van der Waals surface area contributed by atoms with Crippen molar-refractivity contribution < 1.29 is 19.2 Å². The Kier molecular flexibility index (Phi) is 4.52. The Morgan fingerprint density at radius 3 is 2.71 bits per heavy atom. The van der Waals surface area contributed by atoms with Crippen LogP contribution in [0.25, 0.3) is 0 Å². The van der Waals surface area contributed by atoms with Gasteiger partial charge in [0, 0.05) is 37.9 Å². The van der Waals surface area contributed by atoms with Gasteiger partial charge in [-0.3, -0.25) is 14.4 Å². The lowest BCUT2D eigenvalue weighted by Crippen LogP contribution is -2.41. The molecular formula is C18H28N2O4. The number of fused-ring (bicyclic) bond motifs is 1. The van der Waals surface area contributed by atoms with Gasteiger partial charge in [0.2, 0.25) is 11.8 Å². The molecule has 0 bridgehead atoms. The summed E-state index contributed by atoms with van der Waals surface area (Å²) in [6.07, 6.45) is 4.69. The SMILES string of the molecule is CC1CC(C(=O)N2C[C@@H]3[C@H](CC(=O)N4CCCCO4)CO[C@@H]3C2)C1. The van der Waals surface area contributed by atoms with Crippen LogP contribution in [0, 0.1) is 23.7 Å².